The molecule has 2 nitrogen and oxygen atoms in total. The lowest BCUT2D eigenvalue weighted by Gasteiger charge is -2.16. The fourth-order valence-corrected chi connectivity index (χ4v) is 1.85. The van der Waals surface area contributed by atoms with Gasteiger partial charge >= 0.3 is 0 Å². The van der Waals surface area contributed by atoms with E-state index < -0.39 is 23.9 Å². The number of nitrogens with zero attached hydrogens (tertiary/aromatic N) is 1. The van der Waals surface area contributed by atoms with Crippen LogP contribution in [0.3, 0.4) is 0 Å². The van der Waals surface area contributed by atoms with Crippen LogP contribution >= 0.6 is 15.9 Å². The molecule has 0 spiro atoms. The summed E-state index contributed by atoms with van der Waals surface area (Å²) in [7, 11) is 0. The van der Waals surface area contributed by atoms with Crippen molar-refractivity contribution in [2.75, 3.05) is 0 Å². The predicted molar refractivity (Wildman–Crippen MR) is 67.1 cm³/mol. The molecular formula is C13H9BrF3NO. The van der Waals surface area contributed by atoms with Gasteiger partial charge in [0.1, 0.15) is 17.7 Å². The maximum Gasteiger partial charge on any atom is 0.172 e. The number of halogens is 4. The van der Waals surface area contributed by atoms with Crippen LogP contribution in [0.5, 0.6) is 0 Å². The van der Waals surface area contributed by atoms with Gasteiger partial charge in [0, 0.05) is 22.3 Å². The van der Waals surface area contributed by atoms with Crippen molar-refractivity contribution >= 4 is 15.9 Å². The highest BCUT2D eigenvalue weighted by Gasteiger charge is 2.26. The van der Waals surface area contributed by atoms with E-state index in [0.717, 1.165) is 12.1 Å². The summed E-state index contributed by atoms with van der Waals surface area (Å²) >= 11 is 3.15. The lowest BCUT2D eigenvalue weighted by Crippen LogP contribution is -2.10. The van der Waals surface area contributed by atoms with Crippen molar-refractivity contribution in [1.82, 2.24) is 4.98 Å². The van der Waals surface area contributed by atoms with Gasteiger partial charge in [-0.1, -0.05) is 6.07 Å². The van der Waals surface area contributed by atoms with Gasteiger partial charge in [0.2, 0.25) is 0 Å². The third kappa shape index (κ3) is 3.13. The zero-order valence-corrected chi connectivity index (χ0v) is 11.1. The number of hydrogen-bond donors (Lipinski definition) is 1. The van der Waals surface area contributed by atoms with Gasteiger partial charge in [0.25, 0.3) is 0 Å². The highest BCUT2D eigenvalue weighted by atomic mass is 79.9. The van der Waals surface area contributed by atoms with Gasteiger partial charge in [-0.15, -0.1) is 0 Å². The zero-order chi connectivity index (χ0) is 14.0. The Bertz CT molecular complexity index is 577. The summed E-state index contributed by atoms with van der Waals surface area (Å²) in [5, 5.41) is 9.79. The van der Waals surface area contributed by atoms with Crippen LogP contribution in [0.15, 0.2) is 41.0 Å². The Labute approximate surface area is 116 Å². The molecular weight excluding hydrogens is 323 g/mol. The van der Waals surface area contributed by atoms with Crippen molar-refractivity contribution in [3.63, 3.8) is 0 Å². The summed E-state index contributed by atoms with van der Waals surface area (Å²) in [5.41, 5.74) is -0.335. The van der Waals surface area contributed by atoms with Crippen molar-refractivity contribution in [2.45, 2.75) is 12.3 Å². The van der Waals surface area contributed by atoms with Crippen molar-refractivity contribution in [1.29, 1.82) is 0 Å². The fraction of sp³-hybridized carbons (Fsp3) is 0.154. The SMILES string of the molecule is OC(c1ccc(F)cc1F)C(F)c1ccc(Br)cn1. The Morgan fingerprint density at radius 3 is 2.47 bits per heavy atom. The number of rotatable bonds is 3. The first-order chi connectivity index (χ1) is 8.99. The van der Waals surface area contributed by atoms with Gasteiger partial charge in [-0.2, -0.15) is 0 Å². The Morgan fingerprint density at radius 2 is 1.89 bits per heavy atom. The predicted octanol–water partition coefficient (Wildman–Crippen LogP) is 3.87. The van der Waals surface area contributed by atoms with Crippen LogP contribution < -0.4 is 0 Å². The highest BCUT2D eigenvalue weighted by Crippen LogP contribution is 2.32. The Balaban J connectivity index is 2.27. The summed E-state index contributed by atoms with van der Waals surface area (Å²) in [6.07, 6.45) is -2.27. The van der Waals surface area contributed by atoms with Crippen LogP contribution in [-0.2, 0) is 0 Å². The van der Waals surface area contributed by atoms with Gasteiger partial charge < -0.3 is 5.11 Å². The molecule has 0 aliphatic heterocycles. The minimum Gasteiger partial charge on any atom is -0.385 e. The minimum absolute atomic E-state index is 0.0283. The van der Waals surface area contributed by atoms with Crippen molar-refractivity contribution in [3.8, 4) is 0 Å². The Kier molecular flexibility index (Phi) is 4.21. The third-order valence-corrected chi connectivity index (χ3v) is 3.06. The maximum absolute atomic E-state index is 14.0. The van der Waals surface area contributed by atoms with Crippen LogP contribution in [0.25, 0.3) is 0 Å². The van der Waals surface area contributed by atoms with Crippen LogP contribution in [0.4, 0.5) is 13.2 Å². The molecule has 1 heterocycles. The van der Waals surface area contributed by atoms with Crippen molar-refractivity contribution < 1.29 is 18.3 Å². The zero-order valence-electron chi connectivity index (χ0n) is 9.53. The maximum atomic E-state index is 14.0. The van der Waals surface area contributed by atoms with Gasteiger partial charge in [0.15, 0.2) is 6.17 Å². The molecule has 1 N–H and O–H groups in total. The lowest BCUT2D eigenvalue weighted by molar-refractivity contribution is 0.0719. The number of alkyl halides is 1. The van der Waals surface area contributed by atoms with Gasteiger partial charge in [-0.05, 0) is 34.1 Å². The van der Waals surface area contributed by atoms with Crippen LogP contribution in [0.2, 0.25) is 0 Å². The van der Waals surface area contributed by atoms with Crippen molar-refractivity contribution in [2.24, 2.45) is 0 Å². The van der Waals surface area contributed by atoms with Crippen molar-refractivity contribution in [3.05, 3.63) is 63.9 Å². The minimum atomic E-state index is -1.90. The third-order valence-electron chi connectivity index (χ3n) is 2.59. The largest absolute Gasteiger partial charge is 0.385 e. The van der Waals surface area contributed by atoms with E-state index >= 15 is 0 Å². The van der Waals surface area contributed by atoms with E-state index in [9.17, 15) is 18.3 Å². The highest BCUT2D eigenvalue weighted by molar-refractivity contribution is 9.10. The second-order valence-electron chi connectivity index (χ2n) is 3.91. The van der Waals surface area contributed by atoms with E-state index in [1.807, 2.05) is 0 Å². The summed E-state index contributed by atoms with van der Waals surface area (Å²) < 4.78 is 40.9. The molecule has 1 aromatic carbocycles. The number of pyridine rings is 1. The summed E-state index contributed by atoms with van der Waals surface area (Å²) in [6, 6.07) is 5.51. The summed E-state index contributed by atoms with van der Waals surface area (Å²) in [6.45, 7) is 0. The standard InChI is InChI=1S/C13H9BrF3NO/c14-7-1-4-11(18-6-7)12(17)13(19)9-3-2-8(15)5-10(9)16/h1-6,12-13,19H. The fourth-order valence-electron chi connectivity index (χ4n) is 1.61. The molecule has 2 aromatic rings. The molecule has 2 unspecified atom stereocenters. The molecule has 0 saturated carbocycles. The monoisotopic (exact) mass is 331 g/mol. The smallest absolute Gasteiger partial charge is 0.172 e. The van der Waals surface area contributed by atoms with Crippen LogP contribution in [-0.4, -0.2) is 10.1 Å². The molecule has 6 heteroatoms. The quantitative estimate of drug-likeness (QED) is 0.926. The average molecular weight is 332 g/mol. The molecule has 0 bridgehead atoms. The summed E-state index contributed by atoms with van der Waals surface area (Å²) in [5.74, 6) is -1.78. The summed E-state index contributed by atoms with van der Waals surface area (Å²) in [4.78, 5) is 3.79. The van der Waals surface area contributed by atoms with E-state index in [4.69, 9.17) is 0 Å². The first-order valence-electron chi connectivity index (χ1n) is 5.37. The molecule has 0 aliphatic rings. The number of hydrogen-bond acceptors (Lipinski definition) is 2. The Hall–Kier alpha value is -1.40. The molecule has 0 radical (unpaired) electrons. The van der Waals surface area contributed by atoms with E-state index in [0.29, 0.717) is 10.5 Å². The first-order valence-corrected chi connectivity index (χ1v) is 6.17. The number of aliphatic hydroxyl groups is 1. The molecule has 19 heavy (non-hydrogen) atoms. The molecule has 100 valence electrons. The molecule has 2 atom stereocenters. The van der Waals surface area contributed by atoms with Crippen LogP contribution in [0, 0.1) is 11.6 Å². The normalized spacial score (nSPS) is 14.2. The lowest BCUT2D eigenvalue weighted by atomic mass is 10.0. The van der Waals surface area contributed by atoms with E-state index in [1.54, 1.807) is 6.07 Å². The molecule has 0 saturated heterocycles. The van der Waals surface area contributed by atoms with E-state index in [1.165, 1.54) is 12.3 Å². The number of aliphatic hydroxyl groups excluding tert-OH is 1. The first kappa shape index (κ1) is 14.0. The topological polar surface area (TPSA) is 33.1 Å². The van der Waals surface area contributed by atoms with Gasteiger partial charge in [-0.25, -0.2) is 13.2 Å². The Morgan fingerprint density at radius 1 is 1.16 bits per heavy atom. The number of benzene rings is 1. The number of aromatic nitrogens is 1. The molecule has 0 fully saturated rings. The average Bonchev–Trinajstić information content (AvgIpc) is 2.38. The van der Waals surface area contributed by atoms with E-state index in [2.05, 4.69) is 20.9 Å². The second kappa shape index (κ2) is 5.71. The van der Waals surface area contributed by atoms with E-state index in [-0.39, 0.29) is 11.3 Å². The molecule has 1 aromatic heterocycles. The molecule has 0 aliphatic carbocycles. The van der Waals surface area contributed by atoms with Crippen LogP contribution in [0.1, 0.15) is 23.5 Å². The molecule has 2 rings (SSSR count). The van der Waals surface area contributed by atoms with Gasteiger partial charge in [-0.3, -0.25) is 4.98 Å². The molecule has 0 amide bonds. The second-order valence-corrected chi connectivity index (χ2v) is 4.83. The van der Waals surface area contributed by atoms with Gasteiger partial charge in [0.05, 0.1) is 5.69 Å².